The third-order valence-corrected chi connectivity index (χ3v) is 1.94. The van der Waals surface area contributed by atoms with Gasteiger partial charge in [-0.05, 0) is 6.42 Å². The van der Waals surface area contributed by atoms with Crippen molar-refractivity contribution in [1.29, 1.82) is 0 Å². The first-order chi connectivity index (χ1) is 6.63. The van der Waals surface area contributed by atoms with Crippen LogP contribution in [-0.2, 0) is 18.3 Å². The number of carbonyl (C=O) groups excluding carboxylic acids is 1. The topological polar surface area (TPSA) is 68.0 Å². The zero-order valence-corrected chi connectivity index (χ0v) is 8.47. The van der Waals surface area contributed by atoms with Crippen LogP contribution in [0.15, 0.2) is 6.20 Å². The molecule has 1 N–H and O–H groups in total. The molecule has 1 rings (SSSR count). The second-order valence-corrected chi connectivity index (χ2v) is 3.33. The van der Waals surface area contributed by atoms with Crippen LogP contribution in [0.2, 0.25) is 0 Å². The number of aromatic nitrogens is 3. The second-order valence-electron chi connectivity index (χ2n) is 3.33. The molecule has 1 aromatic rings. The largest absolute Gasteiger partial charge is 0.385 e. The van der Waals surface area contributed by atoms with Crippen molar-refractivity contribution in [3.63, 3.8) is 0 Å². The lowest BCUT2D eigenvalue weighted by Gasteiger charge is -2.05. The molecule has 0 bridgehead atoms. The van der Waals surface area contributed by atoms with Crippen LogP contribution >= 0.6 is 0 Å². The highest BCUT2D eigenvalue weighted by atomic mass is 16.3. The maximum Gasteiger partial charge on any atom is 0.167 e. The molecule has 1 atom stereocenters. The molecule has 0 aliphatic heterocycles. The lowest BCUT2D eigenvalue weighted by Crippen LogP contribution is -2.22. The number of aliphatic hydroxyl groups excluding tert-OH is 1. The molecule has 0 aromatic carbocycles. The molecule has 5 heteroatoms. The summed E-state index contributed by atoms with van der Waals surface area (Å²) in [5, 5.41) is 16.9. The van der Waals surface area contributed by atoms with E-state index < -0.39 is 6.10 Å². The Hall–Kier alpha value is -1.23. The number of ketones is 1. The smallest absolute Gasteiger partial charge is 0.167 e. The second kappa shape index (κ2) is 4.85. The first-order valence-corrected chi connectivity index (χ1v) is 4.69. The summed E-state index contributed by atoms with van der Waals surface area (Å²) in [5.41, 5.74) is 0.604. The normalized spacial score (nSPS) is 12.8. The fourth-order valence-corrected chi connectivity index (χ4v) is 1.21. The van der Waals surface area contributed by atoms with Crippen molar-refractivity contribution in [2.75, 3.05) is 0 Å². The Labute approximate surface area is 82.7 Å². The van der Waals surface area contributed by atoms with Gasteiger partial charge >= 0.3 is 0 Å². The number of carbonyl (C=O) groups is 1. The minimum Gasteiger partial charge on any atom is -0.385 e. The van der Waals surface area contributed by atoms with Crippen LogP contribution in [0.1, 0.15) is 25.5 Å². The first-order valence-electron chi connectivity index (χ1n) is 4.69. The molecular formula is C9H15N3O2. The van der Waals surface area contributed by atoms with Gasteiger partial charge in [0.1, 0.15) is 6.10 Å². The van der Waals surface area contributed by atoms with Crippen LogP contribution in [0, 0.1) is 0 Å². The van der Waals surface area contributed by atoms with Crippen LogP contribution in [0.4, 0.5) is 0 Å². The number of nitrogens with zero attached hydrogens (tertiary/aromatic N) is 3. The van der Waals surface area contributed by atoms with Crippen molar-refractivity contribution >= 4 is 5.78 Å². The fourth-order valence-electron chi connectivity index (χ4n) is 1.21. The zero-order chi connectivity index (χ0) is 10.6. The lowest BCUT2D eigenvalue weighted by atomic mass is 10.1. The van der Waals surface area contributed by atoms with Crippen molar-refractivity contribution in [1.82, 2.24) is 15.0 Å². The Morgan fingerprint density at radius 2 is 2.43 bits per heavy atom. The van der Waals surface area contributed by atoms with Gasteiger partial charge in [0.15, 0.2) is 5.78 Å². The maximum absolute atomic E-state index is 11.4. The molecule has 0 amide bonds. The standard InChI is InChI=1S/C9H15N3O2/c1-3-4-8(13)9(14)5-7-6-12(2)11-10-7/h6,8,13H,3-5H2,1-2H3. The Bertz CT molecular complexity index is 309. The van der Waals surface area contributed by atoms with E-state index in [2.05, 4.69) is 10.3 Å². The van der Waals surface area contributed by atoms with Crippen molar-refractivity contribution in [3.05, 3.63) is 11.9 Å². The Morgan fingerprint density at radius 3 is 2.93 bits per heavy atom. The first kappa shape index (κ1) is 10.8. The van der Waals surface area contributed by atoms with E-state index in [4.69, 9.17) is 0 Å². The van der Waals surface area contributed by atoms with Gasteiger partial charge in [-0.2, -0.15) is 0 Å². The molecule has 0 fully saturated rings. The van der Waals surface area contributed by atoms with Crippen LogP contribution in [0.5, 0.6) is 0 Å². The van der Waals surface area contributed by atoms with E-state index in [1.54, 1.807) is 13.2 Å². The summed E-state index contributed by atoms with van der Waals surface area (Å²) in [5.74, 6) is -0.188. The fraction of sp³-hybridized carbons (Fsp3) is 0.667. The van der Waals surface area contributed by atoms with Crippen LogP contribution in [0.25, 0.3) is 0 Å². The summed E-state index contributed by atoms with van der Waals surface area (Å²) in [6.07, 6.45) is 2.29. The van der Waals surface area contributed by atoms with E-state index in [1.807, 2.05) is 6.92 Å². The Morgan fingerprint density at radius 1 is 1.71 bits per heavy atom. The van der Waals surface area contributed by atoms with Gasteiger partial charge in [-0.25, -0.2) is 0 Å². The van der Waals surface area contributed by atoms with E-state index in [0.717, 1.165) is 6.42 Å². The number of hydrogen-bond donors (Lipinski definition) is 1. The summed E-state index contributed by atoms with van der Waals surface area (Å²) in [6, 6.07) is 0. The molecule has 0 radical (unpaired) electrons. The quantitative estimate of drug-likeness (QED) is 0.726. The molecule has 0 saturated carbocycles. The number of rotatable bonds is 5. The minimum absolute atomic E-state index is 0.162. The highest BCUT2D eigenvalue weighted by Crippen LogP contribution is 2.02. The van der Waals surface area contributed by atoms with Gasteiger partial charge in [0.05, 0.1) is 12.1 Å². The number of hydrogen-bond acceptors (Lipinski definition) is 4. The van der Waals surface area contributed by atoms with Crippen molar-refractivity contribution in [3.8, 4) is 0 Å². The summed E-state index contributed by atoms with van der Waals surface area (Å²) in [7, 11) is 1.74. The molecule has 14 heavy (non-hydrogen) atoms. The molecule has 1 heterocycles. The predicted molar refractivity (Wildman–Crippen MR) is 50.6 cm³/mol. The number of aryl methyl sites for hydroxylation is 1. The van der Waals surface area contributed by atoms with E-state index in [-0.39, 0.29) is 12.2 Å². The van der Waals surface area contributed by atoms with Gasteiger partial charge in [0, 0.05) is 13.2 Å². The van der Waals surface area contributed by atoms with Crippen LogP contribution < -0.4 is 0 Å². The third kappa shape index (κ3) is 2.92. The van der Waals surface area contributed by atoms with Crippen molar-refractivity contribution in [2.45, 2.75) is 32.3 Å². The SMILES string of the molecule is CCCC(O)C(=O)Cc1cn(C)nn1. The summed E-state index contributed by atoms with van der Waals surface area (Å²) < 4.78 is 1.54. The zero-order valence-electron chi connectivity index (χ0n) is 8.47. The molecule has 1 aromatic heterocycles. The molecule has 0 aliphatic rings. The molecule has 0 saturated heterocycles. The predicted octanol–water partition coefficient (Wildman–Crippen LogP) is 0.0877. The molecule has 5 nitrogen and oxygen atoms in total. The van der Waals surface area contributed by atoms with Gasteiger partial charge in [0.25, 0.3) is 0 Å². The maximum atomic E-state index is 11.4. The minimum atomic E-state index is -0.859. The summed E-state index contributed by atoms with van der Waals surface area (Å²) in [6.45, 7) is 1.93. The van der Waals surface area contributed by atoms with Crippen molar-refractivity contribution in [2.24, 2.45) is 7.05 Å². The number of Topliss-reactive ketones (excluding diaryl/α,β-unsaturated/α-hetero) is 1. The molecule has 78 valence electrons. The Kier molecular flexibility index (Phi) is 3.76. The van der Waals surface area contributed by atoms with E-state index >= 15 is 0 Å². The van der Waals surface area contributed by atoms with Gasteiger partial charge in [-0.1, -0.05) is 18.6 Å². The van der Waals surface area contributed by atoms with Crippen LogP contribution in [-0.4, -0.2) is 32.0 Å². The molecule has 0 aliphatic carbocycles. The van der Waals surface area contributed by atoms with Gasteiger partial charge in [-0.15, -0.1) is 5.10 Å². The Balaban J connectivity index is 2.48. The van der Waals surface area contributed by atoms with E-state index in [0.29, 0.717) is 12.1 Å². The number of aliphatic hydroxyl groups is 1. The van der Waals surface area contributed by atoms with Gasteiger partial charge in [-0.3, -0.25) is 9.48 Å². The summed E-state index contributed by atoms with van der Waals surface area (Å²) >= 11 is 0. The highest BCUT2D eigenvalue weighted by molar-refractivity contribution is 5.84. The average molecular weight is 197 g/mol. The van der Waals surface area contributed by atoms with Gasteiger partial charge in [0.2, 0.25) is 0 Å². The molecule has 0 spiro atoms. The monoisotopic (exact) mass is 197 g/mol. The molecular weight excluding hydrogens is 182 g/mol. The van der Waals surface area contributed by atoms with E-state index in [1.165, 1.54) is 4.68 Å². The summed E-state index contributed by atoms with van der Waals surface area (Å²) in [4.78, 5) is 11.4. The van der Waals surface area contributed by atoms with Gasteiger partial charge < -0.3 is 5.11 Å². The van der Waals surface area contributed by atoms with Crippen molar-refractivity contribution < 1.29 is 9.90 Å². The molecule has 1 unspecified atom stereocenters. The average Bonchev–Trinajstić information content (AvgIpc) is 2.51. The van der Waals surface area contributed by atoms with E-state index in [9.17, 15) is 9.90 Å². The third-order valence-electron chi connectivity index (χ3n) is 1.94. The van der Waals surface area contributed by atoms with Crippen LogP contribution in [0.3, 0.4) is 0 Å². The lowest BCUT2D eigenvalue weighted by molar-refractivity contribution is -0.126. The highest BCUT2D eigenvalue weighted by Gasteiger charge is 2.15.